The van der Waals surface area contributed by atoms with E-state index in [1.54, 1.807) is 25.1 Å². The average Bonchev–Trinajstić information content (AvgIpc) is 2.20. The highest BCUT2D eigenvalue weighted by Gasteiger charge is 2.12. The fraction of sp³-hybridized carbons (Fsp3) is 0.250. The minimum absolute atomic E-state index is 0.184. The van der Waals surface area contributed by atoms with E-state index in [1.165, 1.54) is 0 Å². The molecule has 1 atom stereocenters. The summed E-state index contributed by atoms with van der Waals surface area (Å²) in [5.74, 6) is -0.606. The molecule has 0 amide bonds. The second-order valence-corrected chi connectivity index (χ2v) is 3.36. The van der Waals surface area contributed by atoms with Gasteiger partial charge in [0.1, 0.15) is 17.4 Å². The Morgan fingerprint density at radius 3 is 2.80 bits per heavy atom. The first kappa shape index (κ1) is 11.3. The summed E-state index contributed by atoms with van der Waals surface area (Å²) in [5, 5.41) is 8.97. The molecule has 0 saturated heterocycles. The first-order chi connectivity index (χ1) is 7.04. The van der Waals surface area contributed by atoms with E-state index in [2.05, 4.69) is 6.58 Å². The van der Waals surface area contributed by atoms with Crippen LogP contribution in [0.3, 0.4) is 0 Å². The summed E-state index contributed by atoms with van der Waals surface area (Å²) in [6.45, 7) is 7.22. The van der Waals surface area contributed by atoms with Gasteiger partial charge in [0, 0.05) is 0 Å². The van der Waals surface area contributed by atoms with E-state index in [9.17, 15) is 4.79 Å². The highest BCUT2D eigenvalue weighted by molar-refractivity contribution is 5.91. The maximum Gasteiger partial charge on any atom is 0.339 e. The van der Waals surface area contributed by atoms with Gasteiger partial charge < -0.3 is 9.84 Å². The van der Waals surface area contributed by atoms with Crippen LogP contribution in [0.25, 0.3) is 0 Å². The molecule has 0 aliphatic rings. The minimum atomic E-state index is -0.982. The number of rotatable bonds is 4. The van der Waals surface area contributed by atoms with E-state index in [-0.39, 0.29) is 11.7 Å². The molecule has 0 aromatic heterocycles. The summed E-state index contributed by atoms with van der Waals surface area (Å²) in [4.78, 5) is 10.9. The molecule has 0 fully saturated rings. The maximum absolute atomic E-state index is 10.9. The molecule has 0 aliphatic carbocycles. The average molecular weight is 206 g/mol. The second kappa shape index (κ2) is 4.64. The van der Waals surface area contributed by atoms with Gasteiger partial charge in [0.05, 0.1) is 0 Å². The molecule has 3 nitrogen and oxygen atoms in total. The molecule has 0 aliphatic heterocycles. The van der Waals surface area contributed by atoms with Crippen LogP contribution in [-0.4, -0.2) is 17.2 Å². The van der Waals surface area contributed by atoms with Crippen LogP contribution in [-0.2, 0) is 0 Å². The van der Waals surface area contributed by atoms with Crippen molar-refractivity contribution in [3.8, 4) is 5.75 Å². The number of hydrogen-bond donors (Lipinski definition) is 1. The molecule has 0 heterocycles. The largest absolute Gasteiger partial charge is 0.486 e. The molecular formula is C12H14O3. The van der Waals surface area contributed by atoms with Crippen molar-refractivity contribution in [2.24, 2.45) is 0 Å². The van der Waals surface area contributed by atoms with Crippen molar-refractivity contribution in [2.45, 2.75) is 20.0 Å². The zero-order chi connectivity index (χ0) is 11.4. The Labute approximate surface area is 89.0 Å². The third kappa shape index (κ3) is 2.84. The first-order valence-electron chi connectivity index (χ1n) is 4.67. The summed E-state index contributed by atoms with van der Waals surface area (Å²) >= 11 is 0. The van der Waals surface area contributed by atoms with Crippen LogP contribution in [0.5, 0.6) is 5.75 Å². The highest BCUT2D eigenvalue weighted by Crippen LogP contribution is 2.21. The second-order valence-electron chi connectivity index (χ2n) is 3.36. The monoisotopic (exact) mass is 206 g/mol. The quantitative estimate of drug-likeness (QED) is 0.770. The zero-order valence-corrected chi connectivity index (χ0v) is 8.86. The molecule has 0 radical (unpaired) electrons. The number of aromatic carboxylic acids is 1. The molecule has 1 N–H and O–H groups in total. The summed E-state index contributed by atoms with van der Waals surface area (Å²) in [5.41, 5.74) is 1.08. The number of benzene rings is 1. The van der Waals surface area contributed by atoms with Crippen LogP contribution in [0.2, 0.25) is 0 Å². The SMILES string of the molecule is C=CC(C)Oc1ccc(C)cc1C(=O)O. The van der Waals surface area contributed by atoms with Crippen molar-refractivity contribution < 1.29 is 14.6 Å². The molecule has 0 saturated carbocycles. The lowest BCUT2D eigenvalue weighted by Crippen LogP contribution is -2.11. The van der Waals surface area contributed by atoms with Crippen molar-refractivity contribution in [2.75, 3.05) is 0 Å². The van der Waals surface area contributed by atoms with Gasteiger partial charge in [-0.2, -0.15) is 0 Å². The fourth-order valence-corrected chi connectivity index (χ4v) is 1.16. The van der Waals surface area contributed by atoms with E-state index >= 15 is 0 Å². The van der Waals surface area contributed by atoms with Crippen molar-refractivity contribution in [1.29, 1.82) is 0 Å². The Morgan fingerprint density at radius 1 is 1.60 bits per heavy atom. The molecule has 80 valence electrons. The highest BCUT2D eigenvalue weighted by atomic mass is 16.5. The van der Waals surface area contributed by atoms with Crippen LogP contribution in [0, 0.1) is 6.92 Å². The van der Waals surface area contributed by atoms with E-state index in [0.717, 1.165) is 5.56 Å². The van der Waals surface area contributed by atoms with Gasteiger partial charge in [-0.15, -0.1) is 0 Å². The summed E-state index contributed by atoms with van der Waals surface area (Å²) < 4.78 is 5.41. The third-order valence-corrected chi connectivity index (χ3v) is 2.01. The number of ether oxygens (including phenoxy) is 1. The van der Waals surface area contributed by atoms with Gasteiger partial charge in [-0.25, -0.2) is 4.79 Å². The fourth-order valence-electron chi connectivity index (χ4n) is 1.16. The molecule has 1 unspecified atom stereocenters. The number of aryl methyl sites for hydroxylation is 1. The van der Waals surface area contributed by atoms with Crippen molar-refractivity contribution in [1.82, 2.24) is 0 Å². The third-order valence-electron chi connectivity index (χ3n) is 2.01. The van der Waals surface area contributed by atoms with Crippen molar-refractivity contribution in [3.05, 3.63) is 42.0 Å². The van der Waals surface area contributed by atoms with Gasteiger partial charge in [-0.05, 0) is 26.0 Å². The number of carboxylic acids is 1. The van der Waals surface area contributed by atoms with Crippen LogP contribution < -0.4 is 4.74 Å². The Morgan fingerprint density at radius 2 is 2.27 bits per heavy atom. The number of carbonyl (C=O) groups is 1. The Kier molecular flexibility index (Phi) is 3.50. The molecule has 0 spiro atoms. The summed E-state index contributed by atoms with van der Waals surface area (Å²) in [7, 11) is 0. The Hall–Kier alpha value is -1.77. The topological polar surface area (TPSA) is 46.5 Å². The van der Waals surface area contributed by atoms with Crippen molar-refractivity contribution in [3.63, 3.8) is 0 Å². The number of hydrogen-bond acceptors (Lipinski definition) is 2. The Balaban J connectivity index is 3.05. The predicted octanol–water partition coefficient (Wildman–Crippen LogP) is 2.65. The minimum Gasteiger partial charge on any atom is -0.486 e. The lowest BCUT2D eigenvalue weighted by molar-refractivity contribution is 0.0691. The van der Waals surface area contributed by atoms with Crippen LogP contribution in [0.15, 0.2) is 30.9 Å². The van der Waals surface area contributed by atoms with E-state index in [4.69, 9.17) is 9.84 Å². The maximum atomic E-state index is 10.9. The van der Waals surface area contributed by atoms with Gasteiger partial charge >= 0.3 is 5.97 Å². The molecule has 1 rings (SSSR count). The van der Waals surface area contributed by atoms with Crippen LogP contribution >= 0.6 is 0 Å². The molecule has 0 bridgehead atoms. The Bertz CT molecular complexity index is 382. The molecule has 1 aromatic carbocycles. The molecule has 3 heteroatoms. The number of carboxylic acid groups (broad SMARTS) is 1. The molecular weight excluding hydrogens is 192 g/mol. The summed E-state index contributed by atoms with van der Waals surface area (Å²) in [6.07, 6.45) is 1.41. The first-order valence-corrected chi connectivity index (χ1v) is 4.67. The smallest absolute Gasteiger partial charge is 0.339 e. The lowest BCUT2D eigenvalue weighted by atomic mass is 10.1. The van der Waals surface area contributed by atoms with Gasteiger partial charge in [-0.1, -0.05) is 24.3 Å². The van der Waals surface area contributed by atoms with Gasteiger partial charge in [0.25, 0.3) is 0 Å². The normalized spacial score (nSPS) is 11.9. The standard InChI is InChI=1S/C12H14O3/c1-4-9(3)15-11-6-5-8(2)7-10(11)12(13)14/h4-7,9H,1H2,2-3H3,(H,13,14). The molecule has 1 aromatic rings. The van der Waals surface area contributed by atoms with Gasteiger partial charge in [-0.3, -0.25) is 0 Å². The van der Waals surface area contributed by atoms with Crippen LogP contribution in [0.4, 0.5) is 0 Å². The summed E-state index contributed by atoms with van der Waals surface area (Å²) in [6, 6.07) is 5.07. The lowest BCUT2D eigenvalue weighted by Gasteiger charge is -2.13. The van der Waals surface area contributed by atoms with Gasteiger partial charge in [0.15, 0.2) is 0 Å². The van der Waals surface area contributed by atoms with Crippen molar-refractivity contribution >= 4 is 5.97 Å². The van der Waals surface area contributed by atoms with E-state index < -0.39 is 5.97 Å². The van der Waals surface area contributed by atoms with Gasteiger partial charge in [0.2, 0.25) is 0 Å². The predicted molar refractivity (Wildman–Crippen MR) is 58.4 cm³/mol. The molecule has 15 heavy (non-hydrogen) atoms. The zero-order valence-electron chi connectivity index (χ0n) is 8.86. The van der Waals surface area contributed by atoms with E-state index in [0.29, 0.717) is 5.75 Å². The van der Waals surface area contributed by atoms with Crippen LogP contribution in [0.1, 0.15) is 22.8 Å². The van der Waals surface area contributed by atoms with E-state index in [1.807, 2.05) is 13.0 Å².